The third kappa shape index (κ3) is 2.38. The van der Waals surface area contributed by atoms with Crippen LogP contribution in [0.25, 0.3) is 5.78 Å². The molecule has 10 heteroatoms. The van der Waals surface area contributed by atoms with Crippen molar-refractivity contribution in [2.75, 3.05) is 18.0 Å². The molecule has 0 saturated carbocycles. The molecular weight excluding hydrogens is 323 g/mol. The predicted molar refractivity (Wildman–Crippen MR) is 78.6 cm³/mol. The molecule has 4 heterocycles. The second kappa shape index (κ2) is 5.18. The Labute approximate surface area is 134 Å². The van der Waals surface area contributed by atoms with Crippen molar-refractivity contribution in [2.45, 2.75) is 18.5 Å². The van der Waals surface area contributed by atoms with Crippen LogP contribution in [0.15, 0.2) is 24.8 Å². The van der Waals surface area contributed by atoms with Crippen LogP contribution in [0.5, 0.6) is 0 Å². The first kappa shape index (κ1) is 14.9. The zero-order valence-corrected chi connectivity index (χ0v) is 12.8. The number of halogens is 3. The van der Waals surface area contributed by atoms with Crippen LogP contribution in [0.1, 0.15) is 23.9 Å². The van der Waals surface area contributed by atoms with E-state index in [0.29, 0.717) is 18.9 Å². The number of anilines is 1. The molecule has 7 nitrogen and oxygen atoms in total. The summed E-state index contributed by atoms with van der Waals surface area (Å²) in [6, 6.07) is 1.03. The molecule has 3 aromatic rings. The van der Waals surface area contributed by atoms with Crippen molar-refractivity contribution >= 4 is 11.6 Å². The molecule has 0 bridgehead atoms. The first-order valence-corrected chi connectivity index (χ1v) is 7.43. The zero-order chi connectivity index (χ0) is 16.9. The van der Waals surface area contributed by atoms with Gasteiger partial charge in [0.1, 0.15) is 18.0 Å². The topological polar surface area (TPSA) is 64.1 Å². The molecule has 3 aromatic heterocycles. The molecule has 1 fully saturated rings. The minimum Gasteiger partial charge on any atom is -0.356 e. The lowest BCUT2D eigenvalue weighted by atomic mass is 10.1. The number of hydrogen-bond donors (Lipinski definition) is 0. The number of aromatic nitrogens is 6. The zero-order valence-electron chi connectivity index (χ0n) is 12.8. The molecule has 0 amide bonds. The molecule has 1 aliphatic rings. The lowest BCUT2D eigenvalue weighted by Gasteiger charge is -2.20. The van der Waals surface area contributed by atoms with E-state index in [1.54, 1.807) is 6.20 Å². The van der Waals surface area contributed by atoms with Crippen molar-refractivity contribution in [2.24, 2.45) is 7.05 Å². The van der Waals surface area contributed by atoms with Crippen LogP contribution in [0.4, 0.5) is 19.0 Å². The van der Waals surface area contributed by atoms with Crippen molar-refractivity contribution in [1.29, 1.82) is 0 Å². The first-order valence-electron chi connectivity index (χ1n) is 7.43. The summed E-state index contributed by atoms with van der Waals surface area (Å²) < 4.78 is 42.6. The number of hydrogen-bond acceptors (Lipinski definition) is 5. The van der Waals surface area contributed by atoms with Crippen molar-refractivity contribution < 1.29 is 13.2 Å². The SMILES string of the molecule is Cn1ccnc1C1CCN(c2cc(C(F)(F)F)nc3ncnn23)C1. The number of imidazole rings is 1. The van der Waals surface area contributed by atoms with Gasteiger partial charge < -0.3 is 9.47 Å². The van der Waals surface area contributed by atoms with Crippen LogP contribution in [-0.4, -0.2) is 42.2 Å². The summed E-state index contributed by atoms with van der Waals surface area (Å²) in [5.74, 6) is 1.38. The molecule has 0 spiro atoms. The fourth-order valence-electron chi connectivity index (χ4n) is 3.12. The maximum Gasteiger partial charge on any atom is 0.433 e. The lowest BCUT2D eigenvalue weighted by molar-refractivity contribution is -0.141. The Bertz CT molecular complexity index is 882. The van der Waals surface area contributed by atoms with E-state index in [4.69, 9.17) is 0 Å². The third-order valence-corrected chi connectivity index (χ3v) is 4.26. The Kier molecular flexibility index (Phi) is 3.22. The number of aryl methyl sites for hydroxylation is 1. The van der Waals surface area contributed by atoms with Gasteiger partial charge in [-0.05, 0) is 6.42 Å². The van der Waals surface area contributed by atoms with E-state index in [0.717, 1.165) is 18.3 Å². The minimum absolute atomic E-state index is 0.0553. The molecule has 1 aliphatic heterocycles. The summed E-state index contributed by atoms with van der Waals surface area (Å²) in [6.07, 6.45) is 1.08. The Morgan fingerprint density at radius 3 is 2.79 bits per heavy atom. The second-order valence-corrected chi connectivity index (χ2v) is 5.80. The Hall–Kier alpha value is -2.65. The molecule has 1 atom stereocenters. The van der Waals surface area contributed by atoms with Crippen LogP contribution < -0.4 is 4.90 Å². The highest BCUT2D eigenvalue weighted by Crippen LogP contribution is 2.34. The van der Waals surface area contributed by atoms with Gasteiger partial charge in [0.2, 0.25) is 0 Å². The Morgan fingerprint density at radius 1 is 1.25 bits per heavy atom. The highest BCUT2D eigenvalue weighted by Gasteiger charge is 2.36. The average Bonchev–Trinajstić information content (AvgIpc) is 3.24. The molecule has 1 unspecified atom stereocenters. The molecule has 126 valence electrons. The molecule has 1 saturated heterocycles. The quantitative estimate of drug-likeness (QED) is 0.714. The summed E-state index contributed by atoms with van der Waals surface area (Å²) in [5, 5.41) is 4.00. The van der Waals surface area contributed by atoms with Gasteiger partial charge in [0, 0.05) is 44.5 Å². The third-order valence-electron chi connectivity index (χ3n) is 4.26. The summed E-state index contributed by atoms with van der Waals surface area (Å²) >= 11 is 0. The van der Waals surface area contributed by atoms with Crippen LogP contribution in [-0.2, 0) is 13.2 Å². The van der Waals surface area contributed by atoms with Gasteiger partial charge in [-0.2, -0.15) is 27.8 Å². The van der Waals surface area contributed by atoms with E-state index >= 15 is 0 Å². The summed E-state index contributed by atoms with van der Waals surface area (Å²) in [4.78, 5) is 13.6. The van der Waals surface area contributed by atoms with Gasteiger partial charge in [0.15, 0.2) is 5.69 Å². The predicted octanol–water partition coefficient (Wildman–Crippen LogP) is 1.87. The average molecular weight is 337 g/mol. The van der Waals surface area contributed by atoms with Crippen molar-refractivity contribution in [3.05, 3.63) is 36.3 Å². The van der Waals surface area contributed by atoms with Crippen LogP contribution >= 0.6 is 0 Å². The van der Waals surface area contributed by atoms with E-state index in [1.807, 2.05) is 22.7 Å². The van der Waals surface area contributed by atoms with Gasteiger partial charge >= 0.3 is 6.18 Å². The van der Waals surface area contributed by atoms with Gasteiger partial charge in [0.25, 0.3) is 5.78 Å². The summed E-state index contributed by atoms with van der Waals surface area (Å²) in [5.41, 5.74) is -0.960. The lowest BCUT2D eigenvalue weighted by Crippen LogP contribution is -2.24. The Morgan fingerprint density at radius 2 is 2.08 bits per heavy atom. The molecule has 4 rings (SSSR count). The molecule has 0 radical (unpaired) electrons. The maximum atomic E-state index is 13.1. The number of fused-ring (bicyclic) bond motifs is 1. The van der Waals surface area contributed by atoms with Crippen LogP contribution in [0.3, 0.4) is 0 Å². The molecule has 0 aliphatic carbocycles. The van der Waals surface area contributed by atoms with Crippen molar-refractivity contribution in [3.8, 4) is 0 Å². The molecule has 0 aromatic carbocycles. The summed E-state index contributed by atoms with van der Waals surface area (Å²) in [7, 11) is 1.91. The maximum absolute atomic E-state index is 13.1. The standard InChI is InChI=1S/C14H14F3N7/c1-22-5-3-18-12(22)9-2-4-23(7-9)11-6-10(14(15,16)17)21-13-19-8-20-24(11)13/h3,5-6,8-9H,2,4,7H2,1H3. The molecule has 0 N–H and O–H groups in total. The fourth-order valence-corrected chi connectivity index (χ4v) is 3.12. The van der Waals surface area contributed by atoms with E-state index in [9.17, 15) is 13.2 Å². The van der Waals surface area contributed by atoms with Gasteiger partial charge in [-0.1, -0.05) is 0 Å². The summed E-state index contributed by atoms with van der Waals surface area (Å²) in [6.45, 7) is 1.19. The first-order chi connectivity index (χ1) is 11.4. The highest BCUT2D eigenvalue weighted by molar-refractivity contribution is 5.49. The monoisotopic (exact) mass is 337 g/mol. The van der Waals surface area contributed by atoms with E-state index < -0.39 is 11.9 Å². The number of rotatable bonds is 2. The van der Waals surface area contributed by atoms with Crippen LogP contribution in [0, 0.1) is 0 Å². The van der Waals surface area contributed by atoms with Crippen molar-refractivity contribution in [1.82, 2.24) is 29.1 Å². The van der Waals surface area contributed by atoms with Crippen molar-refractivity contribution in [3.63, 3.8) is 0 Å². The van der Waals surface area contributed by atoms with E-state index in [1.165, 1.54) is 10.8 Å². The van der Waals surface area contributed by atoms with Crippen LogP contribution in [0.2, 0.25) is 0 Å². The van der Waals surface area contributed by atoms with Gasteiger partial charge in [0.05, 0.1) is 0 Å². The number of alkyl halides is 3. The fraction of sp³-hybridized carbons (Fsp3) is 0.429. The highest BCUT2D eigenvalue weighted by atomic mass is 19.4. The Balaban J connectivity index is 1.72. The smallest absolute Gasteiger partial charge is 0.356 e. The molecule has 24 heavy (non-hydrogen) atoms. The second-order valence-electron chi connectivity index (χ2n) is 5.80. The van der Waals surface area contributed by atoms with E-state index in [-0.39, 0.29) is 11.7 Å². The number of nitrogens with zero attached hydrogens (tertiary/aromatic N) is 7. The minimum atomic E-state index is -4.53. The molecular formula is C14H14F3N7. The normalized spacial score (nSPS) is 18.7. The van der Waals surface area contributed by atoms with Gasteiger partial charge in [-0.25, -0.2) is 9.97 Å². The van der Waals surface area contributed by atoms with E-state index in [2.05, 4.69) is 20.1 Å². The largest absolute Gasteiger partial charge is 0.433 e. The van der Waals surface area contributed by atoms with Gasteiger partial charge in [-0.15, -0.1) is 0 Å². The van der Waals surface area contributed by atoms with Gasteiger partial charge in [-0.3, -0.25) is 0 Å².